The van der Waals surface area contributed by atoms with Crippen molar-refractivity contribution in [3.8, 4) is 5.75 Å². The number of hydrogen-bond donors (Lipinski definition) is 1. The summed E-state index contributed by atoms with van der Waals surface area (Å²) in [6.45, 7) is 6.09. The first-order valence-corrected chi connectivity index (χ1v) is 13.0. The van der Waals surface area contributed by atoms with Crippen LogP contribution in [-0.2, 0) is 9.59 Å². The Kier molecular flexibility index (Phi) is 15.6. The van der Waals surface area contributed by atoms with E-state index >= 15 is 0 Å². The first-order chi connectivity index (χ1) is 15.5. The molecule has 0 aromatic heterocycles. The van der Waals surface area contributed by atoms with Crippen LogP contribution in [0.1, 0.15) is 134 Å². The van der Waals surface area contributed by atoms with E-state index in [4.69, 9.17) is 9.84 Å². The summed E-state index contributed by atoms with van der Waals surface area (Å²) in [7, 11) is 0. The predicted octanol–water partition coefficient (Wildman–Crippen LogP) is 8.35. The lowest BCUT2D eigenvalue weighted by Crippen LogP contribution is -2.07. The minimum atomic E-state index is -0.691. The van der Waals surface area contributed by atoms with Crippen molar-refractivity contribution in [1.29, 1.82) is 0 Å². The number of ether oxygens (including phenoxy) is 1. The number of carbonyl (C=O) groups is 2. The van der Waals surface area contributed by atoms with Crippen LogP contribution in [0.2, 0.25) is 0 Å². The molecule has 0 fully saturated rings. The molecule has 0 heterocycles. The lowest BCUT2D eigenvalue weighted by molar-refractivity contribution is -0.137. The maximum absolute atomic E-state index is 11.7. The van der Waals surface area contributed by atoms with Crippen LogP contribution in [0.5, 0.6) is 5.75 Å². The minimum absolute atomic E-state index is 0.191. The van der Waals surface area contributed by atoms with Gasteiger partial charge in [0.1, 0.15) is 5.75 Å². The van der Waals surface area contributed by atoms with Gasteiger partial charge in [0.15, 0.2) is 0 Å². The number of carboxylic acid groups (broad SMARTS) is 1. The molecule has 4 nitrogen and oxygen atoms in total. The van der Waals surface area contributed by atoms with E-state index in [2.05, 4.69) is 19.1 Å². The fraction of sp³-hybridized carbons (Fsp3) is 0.714. The van der Waals surface area contributed by atoms with E-state index in [1.807, 2.05) is 19.9 Å². The molecule has 1 aromatic rings. The third-order valence-corrected chi connectivity index (χ3v) is 6.28. The Morgan fingerprint density at radius 2 is 1.41 bits per heavy atom. The van der Waals surface area contributed by atoms with Crippen LogP contribution < -0.4 is 4.74 Å². The normalized spacial score (nSPS) is 12.0. The predicted molar refractivity (Wildman–Crippen MR) is 132 cm³/mol. The standard InChI is InChI=1S/C28H46O4/c1-4-6-7-8-9-11-14-17-24(18-15-12-10-13-16-19-27(29)30)25-20-21-26(23(3)22-25)32-28(31)5-2/h20-22,24H,4-19H2,1-3H3,(H,29,30). The Balaban J connectivity index is 2.57. The zero-order valence-corrected chi connectivity index (χ0v) is 20.8. The number of unbranched alkanes of at least 4 members (excludes halogenated alkanes) is 10. The highest BCUT2D eigenvalue weighted by Gasteiger charge is 2.14. The van der Waals surface area contributed by atoms with Crippen LogP contribution in [0.4, 0.5) is 0 Å². The highest BCUT2D eigenvalue weighted by molar-refractivity contribution is 5.72. The van der Waals surface area contributed by atoms with Gasteiger partial charge in [0, 0.05) is 12.8 Å². The molecule has 32 heavy (non-hydrogen) atoms. The van der Waals surface area contributed by atoms with Crippen LogP contribution in [0.3, 0.4) is 0 Å². The zero-order valence-electron chi connectivity index (χ0n) is 20.8. The molecule has 1 unspecified atom stereocenters. The van der Waals surface area contributed by atoms with Crippen LogP contribution in [0, 0.1) is 6.92 Å². The summed E-state index contributed by atoms with van der Waals surface area (Å²) < 4.78 is 5.45. The second kappa shape index (κ2) is 17.7. The number of aryl methyl sites for hydroxylation is 1. The molecule has 0 aliphatic carbocycles. The van der Waals surface area contributed by atoms with Gasteiger partial charge in [-0.3, -0.25) is 9.59 Å². The van der Waals surface area contributed by atoms with E-state index in [0.29, 0.717) is 18.1 Å². The van der Waals surface area contributed by atoms with Crippen molar-refractivity contribution in [2.75, 3.05) is 0 Å². The van der Waals surface area contributed by atoms with Gasteiger partial charge >= 0.3 is 11.9 Å². The van der Waals surface area contributed by atoms with Gasteiger partial charge in [-0.1, -0.05) is 96.6 Å². The fourth-order valence-electron chi connectivity index (χ4n) is 4.26. The number of aliphatic carboxylic acids is 1. The Morgan fingerprint density at radius 3 is 1.94 bits per heavy atom. The zero-order chi connectivity index (χ0) is 23.6. The molecule has 1 N–H and O–H groups in total. The summed E-state index contributed by atoms with van der Waals surface area (Å²) in [5, 5.41) is 8.75. The first kappa shape index (κ1) is 28.2. The van der Waals surface area contributed by atoms with E-state index < -0.39 is 5.97 Å². The summed E-state index contributed by atoms with van der Waals surface area (Å²) in [5.41, 5.74) is 2.39. The summed E-state index contributed by atoms with van der Waals surface area (Å²) in [4.78, 5) is 22.3. The van der Waals surface area contributed by atoms with Gasteiger partial charge in [-0.25, -0.2) is 0 Å². The Bertz CT molecular complexity index is 653. The Labute approximate surface area is 196 Å². The molecule has 0 radical (unpaired) electrons. The highest BCUT2D eigenvalue weighted by atomic mass is 16.5. The highest BCUT2D eigenvalue weighted by Crippen LogP contribution is 2.32. The summed E-state index contributed by atoms with van der Waals surface area (Å²) >= 11 is 0. The molecule has 0 aliphatic rings. The van der Waals surface area contributed by atoms with Crippen molar-refractivity contribution >= 4 is 11.9 Å². The molecular weight excluding hydrogens is 400 g/mol. The average Bonchev–Trinajstić information content (AvgIpc) is 2.77. The number of carboxylic acids is 1. The Morgan fingerprint density at radius 1 is 0.844 bits per heavy atom. The molecule has 0 saturated carbocycles. The number of hydrogen-bond acceptors (Lipinski definition) is 3. The molecule has 0 bridgehead atoms. The second-order valence-corrected chi connectivity index (χ2v) is 9.16. The molecule has 0 aliphatic heterocycles. The lowest BCUT2D eigenvalue weighted by Gasteiger charge is -2.19. The van der Waals surface area contributed by atoms with Gasteiger partial charge in [0.25, 0.3) is 0 Å². The van der Waals surface area contributed by atoms with Crippen LogP contribution in [-0.4, -0.2) is 17.0 Å². The lowest BCUT2D eigenvalue weighted by atomic mass is 9.87. The molecule has 1 atom stereocenters. The van der Waals surface area contributed by atoms with Crippen molar-refractivity contribution in [2.45, 2.75) is 129 Å². The van der Waals surface area contributed by atoms with Crippen LogP contribution >= 0.6 is 0 Å². The summed E-state index contributed by atoms with van der Waals surface area (Å²) in [6.07, 6.45) is 17.6. The van der Waals surface area contributed by atoms with E-state index in [0.717, 1.165) is 31.2 Å². The van der Waals surface area contributed by atoms with Gasteiger partial charge in [0.2, 0.25) is 0 Å². The van der Waals surface area contributed by atoms with Gasteiger partial charge in [-0.15, -0.1) is 0 Å². The molecule has 1 rings (SSSR count). The van der Waals surface area contributed by atoms with Gasteiger partial charge in [-0.2, -0.15) is 0 Å². The van der Waals surface area contributed by atoms with Crippen molar-refractivity contribution in [3.63, 3.8) is 0 Å². The van der Waals surface area contributed by atoms with Crippen LogP contribution in [0.25, 0.3) is 0 Å². The monoisotopic (exact) mass is 446 g/mol. The summed E-state index contributed by atoms with van der Waals surface area (Å²) in [5.74, 6) is 0.333. The largest absolute Gasteiger partial charge is 0.481 e. The van der Waals surface area contributed by atoms with E-state index in [1.165, 1.54) is 69.8 Å². The quantitative estimate of drug-likeness (QED) is 0.132. The van der Waals surface area contributed by atoms with Crippen LogP contribution in [0.15, 0.2) is 18.2 Å². The van der Waals surface area contributed by atoms with Crippen molar-refractivity contribution < 1.29 is 19.4 Å². The maximum Gasteiger partial charge on any atom is 0.310 e. The van der Waals surface area contributed by atoms with E-state index in [9.17, 15) is 9.59 Å². The minimum Gasteiger partial charge on any atom is -0.481 e. The number of benzene rings is 1. The SMILES string of the molecule is CCCCCCCCCC(CCCCCCCC(=O)O)c1ccc(OC(=O)CC)c(C)c1. The summed E-state index contributed by atoms with van der Waals surface area (Å²) in [6, 6.07) is 6.31. The van der Waals surface area contributed by atoms with Gasteiger partial charge in [0.05, 0.1) is 0 Å². The van der Waals surface area contributed by atoms with Gasteiger partial charge in [-0.05, 0) is 49.3 Å². The third kappa shape index (κ3) is 12.9. The first-order valence-electron chi connectivity index (χ1n) is 13.0. The smallest absolute Gasteiger partial charge is 0.310 e. The molecule has 0 amide bonds. The maximum atomic E-state index is 11.7. The molecule has 4 heteroatoms. The second-order valence-electron chi connectivity index (χ2n) is 9.16. The van der Waals surface area contributed by atoms with Crippen molar-refractivity contribution in [2.24, 2.45) is 0 Å². The van der Waals surface area contributed by atoms with Gasteiger partial charge < -0.3 is 9.84 Å². The molecule has 0 saturated heterocycles. The molecule has 0 spiro atoms. The molecular formula is C28H46O4. The molecule has 182 valence electrons. The third-order valence-electron chi connectivity index (χ3n) is 6.28. The topological polar surface area (TPSA) is 63.6 Å². The van der Waals surface area contributed by atoms with Crippen molar-refractivity contribution in [3.05, 3.63) is 29.3 Å². The number of esters is 1. The van der Waals surface area contributed by atoms with Crippen molar-refractivity contribution in [1.82, 2.24) is 0 Å². The van der Waals surface area contributed by atoms with E-state index in [-0.39, 0.29) is 12.4 Å². The number of carbonyl (C=O) groups excluding carboxylic acids is 1. The molecule has 1 aromatic carbocycles. The average molecular weight is 447 g/mol. The Hall–Kier alpha value is -1.84. The number of rotatable bonds is 19. The van der Waals surface area contributed by atoms with E-state index in [1.54, 1.807) is 0 Å². The fourth-order valence-corrected chi connectivity index (χ4v) is 4.26.